The van der Waals surface area contributed by atoms with E-state index in [1.54, 1.807) is 18.3 Å². The number of rotatable bonds is 8. The van der Waals surface area contributed by atoms with Crippen molar-refractivity contribution in [3.05, 3.63) is 77.8 Å². The van der Waals surface area contributed by atoms with Crippen LogP contribution in [-0.2, 0) is 11.3 Å². The predicted octanol–water partition coefficient (Wildman–Crippen LogP) is 3.91. The van der Waals surface area contributed by atoms with Crippen molar-refractivity contribution >= 4 is 45.7 Å². The third-order valence-electron chi connectivity index (χ3n) is 5.92. The predicted molar refractivity (Wildman–Crippen MR) is 141 cm³/mol. The Balaban J connectivity index is 1.34. The van der Waals surface area contributed by atoms with Gasteiger partial charge in [-0.3, -0.25) is 4.98 Å². The molecule has 1 aliphatic rings. The second-order valence-electron chi connectivity index (χ2n) is 8.52. The highest BCUT2D eigenvalue weighted by Gasteiger charge is 2.32. The highest BCUT2D eigenvalue weighted by atomic mass is 35.5. The van der Waals surface area contributed by atoms with Crippen molar-refractivity contribution in [1.29, 1.82) is 0 Å². The summed E-state index contributed by atoms with van der Waals surface area (Å²) in [4.78, 5) is 17.4. The lowest BCUT2D eigenvalue weighted by Crippen LogP contribution is -2.43. The van der Waals surface area contributed by atoms with Gasteiger partial charge in [-0.2, -0.15) is 0 Å². The summed E-state index contributed by atoms with van der Waals surface area (Å²) in [6, 6.07) is 16.8. The zero-order valence-corrected chi connectivity index (χ0v) is 20.5. The van der Waals surface area contributed by atoms with Crippen LogP contribution in [0.2, 0.25) is 5.02 Å². The molecule has 5 rings (SSSR count). The van der Waals surface area contributed by atoms with E-state index in [4.69, 9.17) is 21.1 Å². The van der Waals surface area contributed by atoms with Crippen LogP contribution in [-0.4, -0.2) is 56.5 Å². The van der Waals surface area contributed by atoms with Crippen LogP contribution in [0.1, 0.15) is 12.1 Å². The van der Waals surface area contributed by atoms with Crippen LogP contribution in [0.3, 0.4) is 0 Å². The maximum absolute atomic E-state index is 9.67. The van der Waals surface area contributed by atoms with E-state index in [-0.39, 0.29) is 19.2 Å². The summed E-state index contributed by atoms with van der Waals surface area (Å²) in [7, 11) is 0. The van der Waals surface area contributed by atoms with Gasteiger partial charge in [-0.15, -0.1) is 0 Å². The topological polar surface area (TPSA) is 134 Å². The number of ether oxygens (including phenoxy) is 2. The van der Waals surface area contributed by atoms with E-state index in [2.05, 4.69) is 30.6 Å². The van der Waals surface area contributed by atoms with Gasteiger partial charge in [0.15, 0.2) is 0 Å². The number of aliphatic hydroxyl groups excluding tert-OH is 2. The molecule has 0 amide bonds. The lowest BCUT2D eigenvalue weighted by Gasteiger charge is -2.30. The molecule has 0 bridgehead atoms. The Morgan fingerprint density at radius 2 is 1.81 bits per heavy atom. The number of aliphatic imine (C=N–C) groups is 1. The molecule has 0 atom stereocenters. The van der Waals surface area contributed by atoms with Gasteiger partial charge in [-0.1, -0.05) is 17.7 Å². The van der Waals surface area contributed by atoms with Gasteiger partial charge < -0.3 is 30.3 Å². The molecule has 0 unspecified atom stereocenters. The summed E-state index contributed by atoms with van der Waals surface area (Å²) in [6.45, 7) is 0.103. The van der Waals surface area contributed by atoms with Gasteiger partial charge in [0, 0.05) is 29.4 Å². The molecule has 0 radical (unpaired) electrons. The third-order valence-corrected chi connectivity index (χ3v) is 6.21. The van der Waals surface area contributed by atoms with Crippen LogP contribution in [0.15, 0.2) is 72.1 Å². The molecule has 2 aromatic carbocycles. The number of pyridine rings is 1. The van der Waals surface area contributed by atoms with Gasteiger partial charge in [0.05, 0.1) is 36.1 Å². The Hall–Kier alpha value is -3.99. The number of hydrogen-bond acceptors (Lipinski definition) is 10. The SMILES string of the molecule is OCC1(CO)CCOC(Nc2ccc3ncnc(Nc4ccc(OCc5ccccn5)c(Cl)c4)c3c2)=N1. The number of nitrogens with one attached hydrogen (secondary N) is 2. The van der Waals surface area contributed by atoms with Crippen LogP contribution in [0.4, 0.5) is 17.2 Å². The summed E-state index contributed by atoms with van der Waals surface area (Å²) in [6.07, 6.45) is 3.63. The van der Waals surface area contributed by atoms with E-state index < -0.39 is 5.54 Å². The normalized spacial score (nSPS) is 14.5. The molecule has 0 saturated carbocycles. The lowest BCUT2D eigenvalue weighted by atomic mass is 9.98. The lowest BCUT2D eigenvalue weighted by molar-refractivity contribution is 0.0842. The smallest absolute Gasteiger partial charge is 0.289 e. The molecule has 10 nitrogen and oxygen atoms in total. The van der Waals surface area contributed by atoms with Gasteiger partial charge in [-0.25, -0.2) is 15.0 Å². The molecule has 11 heteroatoms. The van der Waals surface area contributed by atoms with Crippen molar-refractivity contribution in [2.24, 2.45) is 4.99 Å². The summed E-state index contributed by atoms with van der Waals surface area (Å²) in [5.74, 6) is 1.13. The summed E-state index contributed by atoms with van der Waals surface area (Å²) in [5, 5.41) is 26.9. The number of benzene rings is 2. The molecule has 0 spiro atoms. The van der Waals surface area contributed by atoms with E-state index in [0.29, 0.717) is 41.9 Å². The molecule has 0 saturated heterocycles. The first kappa shape index (κ1) is 24.7. The standard InChI is InChI=1S/C26H25ClN6O4/c27-21-12-18(5-7-23(21)37-13-19-3-1-2-9-28-19)31-24-20-11-17(4-6-22(20)29-16-30-24)32-25-33-26(14-34,15-35)8-10-36-25/h1-7,9,11-12,16,34-35H,8,10,13-15H2,(H,32,33)(H,29,30,31). The minimum Gasteiger partial charge on any atom is -0.486 e. The summed E-state index contributed by atoms with van der Waals surface area (Å²) >= 11 is 6.47. The molecule has 2 aromatic heterocycles. The van der Waals surface area contributed by atoms with Gasteiger partial charge in [-0.05, 0) is 48.5 Å². The highest BCUT2D eigenvalue weighted by Crippen LogP contribution is 2.31. The quantitative estimate of drug-likeness (QED) is 0.273. The molecule has 0 aliphatic carbocycles. The first-order chi connectivity index (χ1) is 18.1. The first-order valence-electron chi connectivity index (χ1n) is 11.6. The number of hydrogen-bond donors (Lipinski definition) is 4. The van der Waals surface area contributed by atoms with Gasteiger partial charge in [0.1, 0.15) is 30.0 Å². The third kappa shape index (κ3) is 5.72. The number of nitrogens with zero attached hydrogens (tertiary/aromatic N) is 4. The van der Waals surface area contributed by atoms with Crippen molar-refractivity contribution in [2.75, 3.05) is 30.5 Å². The number of aliphatic hydroxyl groups is 2. The molecule has 1 aliphatic heterocycles. The van der Waals surface area contributed by atoms with Crippen molar-refractivity contribution in [3.63, 3.8) is 0 Å². The number of anilines is 3. The van der Waals surface area contributed by atoms with E-state index in [1.165, 1.54) is 6.33 Å². The molecule has 0 fully saturated rings. The molecule has 190 valence electrons. The Morgan fingerprint density at radius 1 is 0.973 bits per heavy atom. The van der Waals surface area contributed by atoms with Gasteiger partial charge in [0.2, 0.25) is 0 Å². The average Bonchev–Trinajstić information content (AvgIpc) is 2.93. The maximum atomic E-state index is 9.67. The van der Waals surface area contributed by atoms with Gasteiger partial charge in [0.25, 0.3) is 6.02 Å². The van der Waals surface area contributed by atoms with Crippen molar-refractivity contribution < 1.29 is 19.7 Å². The Kier molecular flexibility index (Phi) is 7.31. The fourth-order valence-electron chi connectivity index (χ4n) is 3.81. The van der Waals surface area contributed by atoms with Crippen molar-refractivity contribution in [1.82, 2.24) is 15.0 Å². The highest BCUT2D eigenvalue weighted by molar-refractivity contribution is 6.32. The molecule has 4 aromatic rings. The van der Waals surface area contributed by atoms with E-state index >= 15 is 0 Å². The van der Waals surface area contributed by atoms with Crippen molar-refractivity contribution in [2.45, 2.75) is 18.6 Å². The Morgan fingerprint density at radius 3 is 2.59 bits per heavy atom. The second-order valence-corrected chi connectivity index (χ2v) is 8.92. The van der Waals surface area contributed by atoms with E-state index in [1.807, 2.05) is 42.5 Å². The van der Waals surface area contributed by atoms with Crippen LogP contribution < -0.4 is 15.4 Å². The molecular weight excluding hydrogens is 496 g/mol. The van der Waals surface area contributed by atoms with Crippen LogP contribution in [0.25, 0.3) is 10.9 Å². The van der Waals surface area contributed by atoms with Crippen LogP contribution >= 0.6 is 11.6 Å². The minimum absolute atomic E-state index is 0.230. The Bertz CT molecular complexity index is 1420. The van der Waals surface area contributed by atoms with E-state index in [0.717, 1.165) is 22.3 Å². The first-order valence-corrected chi connectivity index (χ1v) is 12.0. The van der Waals surface area contributed by atoms with E-state index in [9.17, 15) is 10.2 Å². The number of amidine groups is 1. The summed E-state index contributed by atoms with van der Waals surface area (Å²) < 4.78 is 11.4. The van der Waals surface area contributed by atoms with Crippen LogP contribution in [0, 0.1) is 0 Å². The monoisotopic (exact) mass is 520 g/mol. The fraction of sp³-hybridized carbons (Fsp3) is 0.231. The molecule has 37 heavy (non-hydrogen) atoms. The number of fused-ring (bicyclic) bond motifs is 1. The van der Waals surface area contributed by atoms with Crippen molar-refractivity contribution in [3.8, 4) is 5.75 Å². The fourth-order valence-corrected chi connectivity index (χ4v) is 4.04. The zero-order valence-electron chi connectivity index (χ0n) is 19.8. The number of aromatic nitrogens is 3. The minimum atomic E-state index is -0.958. The average molecular weight is 521 g/mol. The second kappa shape index (κ2) is 11.0. The molecule has 4 N–H and O–H groups in total. The molecule has 3 heterocycles. The zero-order chi connectivity index (χ0) is 25.7. The maximum Gasteiger partial charge on any atom is 0.289 e. The van der Waals surface area contributed by atoms with Gasteiger partial charge >= 0.3 is 0 Å². The summed E-state index contributed by atoms with van der Waals surface area (Å²) in [5.41, 5.74) is 1.99. The Labute approximate surface area is 218 Å². The number of halogens is 1. The molecular formula is C26H25ClN6O4. The van der Waals surface area contributed by atoms with Crippen LogP contribution in [0.5, 0.6) is 5.75 Å². The largest absolute Gasteiger partial charge is 0.486 e.